The van der Waals surface area contributed by atoms with Crippen LogP contribution in [-0.2, 0) is 0 Å². The maximum Gasteiger partial charge on any atom is 0.185 e. The number of nitrogens with one attached hydrogen (secondary N) is 1. The Morgan fingerprint density at radius 2 is 2.03 bits per heavy atom. The number of nitrogens with two attached hydrogens (primary N) is 1. The number of hydrogen-bond donors (Lipinski definition) is 2. The molecule has 158 valence electrons. The van der Waals surface area contributed by atoms with Gasteiger partial charge in [-0.1, -0.05) is 0 Å². The largest absolute Gasteiger partial charge is 0.494 e. The predicted octanol–water partition coefficient (Wildman–Crippen LogP) is 2.45. The molecular formula is C19H18F4N6O. The Balaban J connectivity index is 1.96. The van der Waals surface area contributed by atoms with Crippen LogP contribution in [0.1, 0.15) is 0 Å². The minimum Gasteiger partial charge on any atom is -0.494 e. The highest BCUT2D eigenvalue weighted by Crippen LogP contribution is 2.35. The summed E-state index contributed by atoms with van der Waals surface area (Å²) in [5, 5.41) is 3.52. The molecule has 0 radical (unpaired) electrons. The summed E-state index contributed by atoms with van der Waals surface area (Å²) in [6.45, 7) is 0.650. The van der Waals surface area contributed by atoms with Gasteiger partial charge in [-0.05, 0) is 6.07 Å². The molecule has 11 heteroatoms. The molecule has 1 atom stereocenters. The second-order valence-corrected chi connectivity index (χ2v) is 6.81. The van der Waals surface area contributed by atoms with Crippen LogP contribution in [0.15, 0.2) is 18.5 Å². The van der Waals surface area contributed by atoms with Crippen molar-refractivity contribution in [1.82, 2.24) is 20.3 Å². The molecule has 1 fully saturated rings. The number of alkyl halides is 1. The van der Waals surface area contributed by atoms with E-state index in [9.17, 15) is 17.6 Å². The fraction of sp³-hybridized carbons (Fsp3) is 0.316. The van der Waals surface area contributed by atoms with E-state index in [1.807, 2.05) is 0 Å². The van der Waals surface area contributed by atoms with Crippen LogP contribution in [0, 0.1) is 17.5 Å². The summed E-state index contributed by atoms with van der Waals surface area (Å²) in [7, 11) is 1.45. The maximum absolute atomic E-state index is 14.5. The normalized spacial score (nSPS) is 16.8. The van der Waals surface area contributed by atoms with Crippen LogP contribution >= 0.6 is 0 Å². The van der Waals surface area contributed by atoms with Gasteiger partial charge in [0.25, 0.3) is 0 Å². The summed E-state index contributed by atoms with van der Waals surface area (Å²) in [4.78, 5) is 14.5. The Bertz CT molecular complexity index is 1110. The number of hydrogen-bond acceptors (Lipinski definition) is 7. The van der Waals surface area contributed by atoms with Crippen molar-refractivity contribution in [1.29, 1.82) is 0 Å². The Labute approximate surface area is 168 Å². The predicted molar refractivity (Wildman–Crippen MR) is 104 cm³/mol. The van der Waals surface area contributed by atoms with Crippen LogP contribution in [0.3, 0.4) is 0 Å². The lowest BCUT2D eigenvalue weighted by atomic mass is 10.1. The second kappa shape index (κ2) is 7.90. The molecule has 0 spiro atoms. The number of fused-ring (bicyclic) bond motifs is 1. The molecule has 3 N–H and O–H groups in total. The third-order valence-corrected chi connectivity index (χ3v) is 4.95. The lowest BCUT2D eigenvalue weighted by Crippen LogP contribution is -2.52. The molecule has 1 aliphatic heterocycles. The number of aromatic nitrogens is 3. The minimum absolute atomic E-state index is 0.252. The van der Waals surface area contributed by atoms with Gasteiger partial charge in [-0.15, -0.1) is 0 Å². The number of pyridine rings is 1. The topological polar surface area (TPSA) is 89.2 Å². The fourth-order valence-corrected chi connectivity index (χ4v) is 3.43. The van der Waals surface area contributed by atoms with Crippen LogP contribution < -0.4 is 20.7 Å². The zero-order valence-electron chi connectivity index (χ0n) is 15.9. The third kappa shape index (κ3) is 3.34. The van der Waals surface area contributed by atoms with E-state index >= 15 is 0 Å². The minimum atomic E-state index is -1.52. The first kappa shape index (κ1) is 20.1. The van der Waals surface area contributed by atoms with Crippen molar-refractivity contribution in [2.75, 3.05) is 44.1 Å². The highest BCUT2D eigenvalue weighted by Gasteiger charge is 2.26. The molecule has 1 aromatic carbocycles. The molecule has 1 saturated heterocycles. The molecule has 30 heavy (non-hydrogen) atoms. The number of rotatable bonds is 4. The number of nitrogen functional groups attached to an aromatic ring is 1. The summed E-state index contributed by atoms with van der Waals surface area (Å²) in [6.07, 6.45) is 2.87. The van der Waals surface area contributed by atoms with Gasteiger partial charge >= 0.3 is 0 Å². The Morgan fingerprint density at radius 3 is 2.77 bits per heavy atom. The molecule has 0 amide bonds. The van der Waals surface area contributed by atoms with Crippen molar-refractivity contribution in [3.05, 3.63) is 35.9 Å². The van der Waals surface area contributed by atoms with Gasteiger partial charge in [0.15, 0.2) is 17.5 Å². The number of anilines is 2. The summed E-state index contributed by atoms with van der Waals surface area (Å²) in [5.74, 6) is -3.57. The molecule has 1 aliphatic rings. The standard InChI is InChI=1S/C19H18F4N6O/c1-30-13-7-25-6-12-14(13)19(29-3-2-26-9(5-20)8-29)28-18(27-12)10-4-11(21)17(24)16(23)15(10)22/h4,6-7,9,26H,2-3,5,8,24H2,1H3/t9-/m0/s1. The Hall–Kier alpha value is -3.21. The van der Waals surface area contributed by atoms with Crippen molar-refractivity contribution < 1.29 is 22.3 Å². The number of piperazine rings is 1. The summed E-state index contributed by atoms with van der Waals surface area (Å²) >= 11 is 0. The molecule has 3 aromatic rings. The Kier molecular flexibility index (Phi) is 5.29. The fourth-order valence-electron chi connectivity index (χ4n) is 3.43. The molecule has 0 bridgehead atoms. The van der Waals surface area contributed by atoms with Crippen molar-refractivity contribution in [3.8, 4) is 17.1 Å². The lowest BCUT2D eigenvalue weighted by molar-refractivity contribution is 0.352. The average molecular weight is 422 g/mol. The summed E-state index contributed by atoms with van der Waals surface area (Å²) < 4.78 is 61.2. The zero-order chi connectivity index (χ0) is 21.4. The zero-order valence-corrected chi connectivity index (χ0v) is 15.9. The third-order valence-electron chi connectivity index (χ3n) is 4.95. The van der Waals surface area contributed by atoms with E-state index in [2.05, 4.69) is 20.3 Å². The molecule has 7 nitrogen and oxygen atoms in total. The van der Waals surface area contributed by atoms with Crippen LogP contribution in [-0.4, -0.2) is 54.4 Å². The van der Waals surface area contributed by atoms with Gasteiger partial charge in [-0.3, -0.25) is 4.98 Å². The summed E-state index contributed by atoms with van der Waals surface area (Å²) in [5.41, 5.74) is 4.10. The first-order valence-electron chi connectivity index (χ1n) is 9.12. The van der Waals surface area contributed by atoms with E-state index in [1.54, 1.807) is 4.90 Å². The molecule has 2 aromatic heterocycles. The monoisotopic (exact) mass is 422 g/mol. The smallest absolute Gasteiger partial charge is 0.185 e. The molecule has 0 saturated carbocycles. The number of nitrogens with zero attached hydrogens (tertiary/aromatic N) is 4. The molecular weight excluding hydrogens is 404 g/mol. The quantitative estimate of drug-likeness (QED) is 0.379. The van der Waals surface area contributed by atoms with Crippen molar-refractivity contribution in [2.24, 2.45) is 0 Å². The molecule has 0 unspecified atom stereocenters. The van der Waals surface area contributed by atoms with Gasteiger partial charge in [-0.2, -0.15) is 0 Å². The SMILES string of the molecule is COc1cncc2nc(-c3cc(F)c(N)c(F)c3F)nc(N3CCN[C@@H](CF)C3)c12. The first-order valence-corrected chi connectivity index (χ1v) is 9.12. The van der Waals surface area contributed by atoms with Gasteiger partial charge in [0.1, 0.15) is 29.7 Å². The number of ether oxygens (including phenoxy) is 1. The van der Waals surface area contributed by atoms with Gasteiger partial charge < -0.3 is 20.7 Å². The van der Waals surface area contributed by atoms with E-state index in [0.29, 0.717) is 30.0 Å². The van der Waals surface area contributed by atoms with Crippen molar-refractivity contribution in [2.45, 2.75) is 6.04 Å². The summed E-state index contributed by atoms with van der Waals surface area (Å²) in [6, 6.07) is 0.317. The first-order chi connectivity index (χ1) is 14.4. The second-order valence-electron chi connectivity index (χ2n) is 6.81. The Morgan fingerprint density at radius 1 is 1.23 bits per heavy atom. The number of halogens is 4. The van der Waals surface area contributed by atoms with Crippen LogP contribution in [0.4, 0.5) is 29.1 Å². The van der Waals surface area contributed by atoms with E-state index in [4.69, 9.17) is 10.5 Å². The molecule has 3 heterocycles. The van der Waals surface area contributed by atoms with Crippen molar-refractivity contribution in [3.63, 3.8) is 0 Å². The number of benzene rings is 1. The van der Waals surface area contributed by atoms with Gasteiger partial charge in [-0.25, -0.2) is 27.5 Å². The van der Waals surface area contributed by atoms with E-state index in [1.165, 1.54) is 19.5 Å². The lowest BCUT2D eigenvalue weighted by Gasteiger charge is -2.34. The van der Waals surface area contributed by atoms with Crippen LogP contribution in [0.25, 0.3) is 22.3 Å². The van der Waals surface area contributed by atoms with E-state index < -0.39 is 41.4 Å². The van der Waals surface area contributed by atoms with E-state index in [0.717, 1.165) is 6.07 Å². The molecule has 0 aliphatic carbocycles. The maximum atomic E-state index is 14.5. The van der Waals surface area contributed by atoms with Crippen LogP contribution in [0.2, 0.25) is 0 Å². The van der Waals surface area contributed by atoms with Gasteiger partial charge in [0.05, 0.1) is 42.0 Å². The molecule has 4 rings (SSSR count). The van der Waals surface area contributed by atoms with Crippen LogP contribution in [0.5, 0.6) is 5.75 Å². The number of methoxy groups -OCH3 is 1. The van der Waals surface area contributed by atoms with Crippen molar-refractivity contribution >= 4 is 22.4 Å². The van der Waals surface area contributed by atoms with E-state index in [-0.39, 0.29) is 17.9 Å². The average Bonchev–Trinajstić information content (AvgIpc) is 2.78. The van der Waals surface area contributed by atoms with Gasteiger partial charge in [0, 0.05) is 19.6 Å². The highest BCUT2D eigenvalue weighted by atomic mass is 19.2. The highest BCUT2D eigenvalue weighted by molar-refractivity contribution is 5.95. The van der Waals surface area contributed by atoms with Gasteiger partial charge in [0.2, 0.25) is 0 Å².